The molecular weight excluding hydrogens is 276 g/mol. The van der Waals surface area contributed by atoms with Crippen molar-refractivity contribution in [3.05, 3.63) is 53.3 Å². The molecule has 114 valence electrons. The molecule has 2 heterocycles. The molecule has 4 nitrogen and oxygen atoms in total. The lowest BCUT2D eigenvalue weighted by Gasteiger charge is -2.11. The molecular formula is C18H20N2O2. The zero-order valence-corrected chi connectivity index (χ0v) is 13.1. The van der Waals surface area contributed by atoms with Gasteiger partial charge in [-0.3, -0.25) is 0 Å². The number of nitrogens with zero attached hydrogens (tertiary/aromatic N) is 2. The van der Waals surface area contributed by atoms with Crippen molar-refractivity contribution in [1.29, 1.82) is 0 Å². The molecule has 3 rings (SSSR count). The van der Waals surface area contributed by atoms with Crippen LogP contribution in [-0.2, 0) is 6.61 Å². The number of hydrogen-bond acceptors (Lipinski definition) is 3. The van der Waals surface area contributed by atoms with Gasteiger partial charge in [-0.15, -0.1) is 0 Å². The second kappa shape index (κ2) is 5.81. The van der Waals surface area contributed by atoms with Crippen LogP contribution in [0.15, 0.2) is 36.7 Å². The Morgan fingerprint density at radius 2 is 2.00 bits per heavy atom. The Bertz CT molecular complexity index is 821. The zero-order valence-electron chi connectivity index (χ0n) is 13.1. The van der Waals surface area contributed by atoms with E-state index in [1.807, 2.05) is 42.8 Å². The van der Waals surface area contributed by atoms with Crippen LogP contribution in [0.5, 0.6) is 5.75 Å². The summed E-state index contributed by atoms with van der Waals surface area (Å²) < 4.78 is 7.62. The summed E-state index contributed by atoms with van der Waals surface area (Å²) in [5, 5.41) is 9.23. The van der Waals surface area contributed by atoms with Crippen LogP contribution in [0.25, 0.3) is 16.9 Å². The Morgan fingerprint density at radius 3 is 2.73 bits per heavy atom. The van der Waals surface area contributed by atoms with Gasteiger partial charge in [0.2, 0.25) is 0 Å². The van der Waals surface area contributed by atoms with Crippen LogP contribution in [0.4, 0.5) is 0 Å². The van der Waals surface area contributed by atoms with Crippen molar-refractivity contribution in [2.75, 3.05) is 6.61 Å². The number of rotatable bonds is 4. The van der Waals surface area contributed by atoms with E-state index >= 15 is 0 Å². The Labute approximate surface area is 130 Å². The number of aliphatic hydroxyl groups excluding tert-OH is 1. The zero-order chi connectivity index (χ0) is 15.7. The normalized spacial score (nSPS) is 11.1. The molecule has 0 aliphatic carbocycles. The quantitative estimate of drug-likeness (QED) is 0.801. The van der Waals surface area contributed by atoms with E-state index in [9.17, 15) is 5.11 Å². The minimum Gasteiger partial charge on any atom is -0.494 e. The van der Waals surface area contributed by atoms with Crippen LogP contribution in [-0.4, -0.2) is 21.1 Å². The van der Waals surface area contributed by atoms with E-state index in [0.29, 0.717) is 6.61 Å². The van der Waals surface area contributed by atoms with Gasteiger partial charge < -0.3 is 14.2 Å². The smallest absolute Gasteiger partial charge is 0.137 e. The highest BCUT2D eigenvalue weighted by Gasteiger charge is 2.11. The molecule has 1 aromatic carbocycles. The average Bonchev–Trinajstić information content (AvgIpc) is 2.93. The number of fused-ring (bicyclic) bond motifs is 1. The molecule has 0 fully saturated rings. The maximum Gasteiger partial charge on any atom is 0.137 e. The third kappa shape index (κ3) is 2.57. The van der Waals surface area contributed by atoms with Gasteiger partial charge in [0.1, 0.15) is 11.4 Å². The number of aryl methyl sites for hydroxylation is 2. The molecule has 0 bridgehead atoms. The van der Waals surface area contributed by atoms with Gasteiger partial charge in [0.25, 0.3) is 0 Å². The van der Waals surface area contributed by atoms with Gasteiger partial charge in [-0.2, -0.15) is 0 Å². The fourth-order valence-electron chi connectivity index (χ4n) is 2.63. The molecule has 2 aromatic heterocycles. The molecule has 0 aliphatic heterocycles. The molecule has 0 saturated heterocycles. The molecule has 0 amide bonds. The molecule has 0 unspecified atom stereocenters. The summed E-state index contributed by atoms with van der Waals surface area (Å²) >= 11 is 0. The number of benzene rings is 1. The van der Waals surface area contributed by atoms with Gasteiger partial charge in [-0.25, -0.2) is 4.98 Å². The molecule has 0 radical (unpaired) electrons. The summed E-state index contributed by atoms with van der Waals surface area (Å²) in [6, 6.07) is 7.99. The standard InChI is InChI=1S/C18H20N2O2/c1-4-22-17-8-12(2)15(7-13(17)3)16-10-20-6-5-14(11-21)9-18(20)19-16/h5-10,21H,4,11H2,1-3H3. The molecule has 1 N–H and O–H groups in total. The SMILES string of the molecule is CCOc1cc(C)c(-c2cn3ccc(CO)cc3n2)cc1C. The minimum absolute atomic E-state index is 0.0277. The second-order valence-electron chi connectivity index (χ2n) is 5.45. The topological polar surface area (TPSA) is 46.8 Å². The van der Waals surface area contributed by atoms with Crippen LogP contribution < -0.4 is 4.74 Å². The van der Waals surface area contributed by atoms with Gasteiger partial charge >= 0.3 is 0 Å². The first-order chi connectivity index (χ1) is 10.6. The molecule has 0 spiro atoms. The highest BCUT2D eigenvalue weighted by Crippen LogP contribution is 2.30. The molecule has 0 aliphatic rings. The molecule has 0 atom stereocenters. The first-order valence-corrected chi connectivity index (χ1v) is 7.45. The highest BCUT2D eigenvalue weighted by molar-refractivity contribution is 5.68. The minimum atomic E-state index is 0.0277. The monoisotopic (exact) mass is 296 g/mol. The summed E-state index contributed by atoms with van der Waals surface area (Å²) in [5.74, 6) is 0.926. The lowest BCUT2D eigenvalue weighted by atomic mass is 10.0. The van der Waals surface area contributed by atoms with E-state index < -0.39 is 0 Å². The van der Waals surface area contributed by atoms with Crippen molar-refractivity contribution >= 4 is 5.65 Å². The predicted octanol–water partition coefficient (Wildman–Crippen LogP) is 3.51. The van der Waals surface area contributed by atoms with Gasteiger partial charge in [0.15, 0.2) is 0 Å². The van der Waals surface area contributed by atoms with Crippen LogP contribution in [0.2, 0.25) is 0 Å². The van der Waals surface area contributed by atoms with Gasteiger partial charge in [0, 0.05) is 18.0 Å². The predicted molar refractivity (Wildman–Crippen MR) is 87.2 cm³/mol. The van der Waals surface area contributed by atoms with E-state index in [-0.39, 0.29) is 6.61 Å². The number of aliphatic hydroxyl groups is 1. The molecule has 22 heavy (non-hydrogen) atoms. The van der Waals surface area contributed by atoms with Crippen molar-refractivity contribution in [1.82, 2.24) is 9.38 Å². The van der Waals surface area contributed by atoms with Crippen LogP contribution in [0.1, 0.15) is 23.6 Å². The number of imidazole rings is 1. The fraction of sp³-hybridized carbons (Fsp3) is 0.278. The largest absolute Gasteiger partial charge is 0.494 e. The maximum atomic E-state index is 9.23. The van der Waals surface area contributed by atoms with Crippen molar-refractivity contribution < 1.29 is 9.84 Å². The summed E-state index contributed by atoms with van der Waals surface area (Å²) in [6.45, 7) is 6.80. The van der Waals surface area contributed by atoms with E-state index in [0.717, 1.165) is 39.3 Å². The lowest BCUT2D eigenvalue weighted by Crippen LogP contribution is -1.96. The summed E-state index contributed by atoms with van der Waals surface area (Å²) in [7, 11) is 0. The van der Waals surface area contributed by atoms with Gasteiger partial charge in [0.05, 0.1) is 18.9 Å². The Morgan fingerprint density at radius 1 is 1.18 bits per heavy atom. The Balaban J connectivity index is 2.08. The van der Waals surface area contributed by atoms with Gasteiger partial charge in [-0.05, 0) is 61.7 Å². The number of pyridine rings is 1. The van der Waals surface area contributed by atoms with Gasteiger partial charge in [-0.1, -0.05) is 0 Å². The molecule has 3 aromatic rings. The van der Waals surface area contributed by atoms with Crippen LogP contribution in [0.3, 0.4) is 0 Å². The van der Waals surface area contributed by atoms with E-state index in [2.05, 4.69) is 24.0 Å². The van der Waals surface area contributed by atoms with E-state index in [4.69, 9.17) is 4.74 Å². The number of ether oxygens (including phenoxy) is 1. The third-order valence-corrected chi connectivity index (χ3v) is 3.80. The third-order valence-electron chi connectivity index (χ3n) is 3.80. The van der Waals surface area contributed by atoms with Crippen molar-refractivity contribution in [2.45, 2.75) is 27.4 Å². The highest BCUT2D eigenvalue weighted by atomic mass is 16.5. The van der Waals surface area contributed by atoms with Crippen molar-refractivity contribution in [2.24, 2.45) is 0 Å². The number of hydrogen-bond donors (Lipinski definition) is 1. The van der Waals surface area contributed by atoms with Crippen LogP contribution in [0, 0.1) is 13.8 Å². The Kier molecular flexibility index (Phi) is 3.86. The second-order valence-corrected chi connectivity index (χ2v) is 5.45. The first kappa shape index (κ1) is 14.6. The molecule has 4 heteroatoms. The summed E-state index contributed by atoms with van der Waals surface area (Å²) in [4.78, 5) is 4.68. The maximum absolute atomic E-state index is 9.23. The van der Waals surface area contributed by atoms with E-state index in [1.54, 1.807) is 0 Å². The lowest BCUT2D eigenvalue weighted by molar-refractivity contribution is 0.282. The van der Waals surface area contributed by atoms with E-state index in [1.165, 1.54) is 0 Å². The summed E-state index contributed by atoms with van der Waals surface area (Å²) in [5.41, 5.74) is 5.99. The van der Waals surface area contributed by atoms with Crippen LogP contribution >= 0.6 is 0 Å². The summed E-state index contributed by atoms with van der Waals surface area (Å²) in [6.07, 6.45) is 3.94. The first-order valence-electron chi connectivity index (χ1n) is 7.45. The fourth-order valence-corrected chi connectivity index (χ4v) is 2.63. The van der Waals surface area contributed by atoms with Crippen molar-refractivity contribution in [3.8, 4) is 17.0 Å². The van der Waals surface area contributed by atoms with Crippen molar-refractivity contribution in [3.63, 3.8) is 0 Å². The average molecular weight is 296 g/mol. The Hall–Kier alpha value is -2.33. The number of aromatic nitrogens is 2. The molecule has 0 saturated carbocycles.